The molecule has 2 rings (SSSR count). The highest BCUT2D eigenvalue weighted by molar-refractivity contribution is 7.13. The summed E-state index contributed by atoms with van der Waals surface area (Å²) in [6.07, 6.45) is 3.76. The minimum Gasteiger partial charge on any atom is -0.396 e. The Morgan fingerprint density at radius 1 is 1.60 bits per heavy atom. The number of rotatable bonds is 4. The summed E-state index contributed by atoms with van der Waals surface area (Å²) in [7, 11) is 0. The Labute approximate surface area is 93.0 Å². The van der Waals surface area contributed by atoms with Crippen molar-refractivity contribution >= 4 is 11.3 Å². The van der Waals surface area contributed by atoms with Crippen molar-refractivity contribution in [2.45, 2.75) is 13.5 Å². The number of nitrogens with zero attached hydrogens (tertiary/aromatic N) is 2. The van der Waals surface area contributed by atoms with Crippen LogP contribution in [-0.2, 0) is 6.54 Å². The molecule has 0 spiro atoms. The summed E-state index contributed by atoms with van der Waals surface area (Å²) in [6.45, 7) is 3.05. The van der Waals surface area contributed by atoms with Gasteiger partial charge in [-0.1, -0.05) is 13.0 Å². The molecule has 4 heteroatoms. The SMILES string of the molecule is CC(CO)Cn1ccnc1-c1cccs1. The van der Waals surface area contributed by atoms with Gasteiger partial charge >= 0.3 is 0 Å². The van der Waals surface area contributed by atoms with Gasteiger partial charge in [0.15, 0.2) is 0 Å². The first-order valence-corrected chi connectivity index (χ1v) is 5.85. The average molecular weight is 222 g/mol. The van der Waals surface area contributed by atoms with E-state index in [1.54, 1.807) is 17.5 Å². The topological polar surface area (TPSA) is 38.0 Å². The minimum atomic E-state index is 0.210. The Hall–Kier alpha value is -1.13. The fraction of sp³-hybridized carbons (Fsp3) is 0.364. The first-order chi connectivity index (χ1) is 7.31. The van der Waals surface area contributed by atoms with E-state index < -0.39 is 0 Å². The second-order valence-electron chi connectivity index (χ2n) is 3.67. The molecule has 1 N–H and O–H groups in total. The molecule has 0 aliphatic rings. The molecule has 2 aromatic rings. The van der Waals surface area contributed by atoms with Gasteiger partial charge in [0.2, 0.25) is 0 Å². The third kappa shape index (κ3) is 2.27. The van der Waals surface area contributed by atoms with Crippen LogP contribution in [0.4, 0.5) is 0 Å². The van der Waals surface area contributed by atoms with Crippen molar-refractivity contribution in [2.24, 2.45) is 5.92 Å². The Morgan fingerprint density at radius 3 is 3.13 bits per heavy atom. The van der Waals surface area contributed by atoms with Crippen LogP contribution in [0.3, 0.4) is 0 Å². The van der Waals surface area contributed by atoms with Crippen molar-refractivity contribution < 1.29 is 5.11 Å². The Balaban J connectivity index is 2.23. The van der Waals surface area contributed by atoms with Crippen LogP contribution >= 0.6 is 11.3 Å². The fourth-order valence-corrected chi connectivity index (χ4v) is 2.22. The molecule has 1 unspecified atom stereocenters. The number of hydrogen-bond donors (Lipinski definition) is 1. The maximum Gasteiger partial charge on any atom is 0.149 e. The van der Waals surface area contributed by atoms with Gasteiger partial charge in [-0.25, -0.2) is 4.98 Å². The zero-order chi connectivity index (χ0) is 10.7. The zero-order valence-corrected chi connectivity index (χ0v) is 9.44. The van der Waals surface area contributed by atoms with Gasteiger partial charge in [0.25, 0.3) is 0 Å². The van der Waals surface area contributed by atoms with Gasteiger partial charge in [-0.2, -0.15) is 0 Å². The Kier molecular flexibility index (Phi) is 3.18. The molecule has 80 valence electrons. The van der Waals surface area contributed by atoms with E-state index in [1.807, 2.05) is 24.6 Å². The number of thiophene rings is 1. The lowest BCUT2D eigenvalue weighted by Crippen LogP contribution is -2.11. The molecule has 15 heavy (non-hydrogen) atoms. The Bertz CT molecular complexity index is 408. The molecule has 0 saturated heterocycles. The fourth-order valence-electron chi connectivity index (χ4n) is 1.48. The summed E-state index contributed by atoms with van der Waals surface area (Å²) in [5.41, 5.74) is 0. The highest BCUT2D eigenvalue weighted by atomic mass is 32.1. The van der Waals surface area contributed by atoms with Crippen molar-refractivity contribution in [3.05, 3.63) is 29.9 Å². The van der Waals surface area contributed by atoms with Crippen molar-refractivity contribution in [2.75, 3.05) is 6.61 Å². The van der Waals surface area contributed by atoms with Crippen molar-refractivity contribution in [1.82, 2.24) is 9.55 Å². The number of imidazole rings is 1. The molecule has 0 saturated carbocycles. The molecule has 0 aliphatic heterocycles. The molecule has 0 aliphatic carbocycles. The van der Waals surface area contributed by atoms with Crippen LogP contribution in [0.1, 0.15) is 6.92 Å². The van der Waals surface area contributed by atoms with Gasteiger partial charge in [-0.3, -0.25) is 0 Å². The van der Waals surface area contributed by atoms with Gasteiger partial charge < -0.3 is 9.67 Å². The average Bonchev–Trinajstić information content (AvgIpc) is 2.86. The predicted molar refractivity (Wildman–Crippen MR) is 61.8 cm³/mol. The number of aromatic nitrogens is 2. The third-order valence-corrected chi connectivity index (χ3v) is 3.14. The molecule has 1 atom stereocenters. The van der Waals surface area contributed by atoms with Crippen molar-refractivity contribution in [3.63, 3.8) is 0 Å². The summed E-state index contributed by atoms with van der Waals surface area (Å²) in [4.78, 5) is 5.51. The standard InChI is InChI=1S/C11H14N2OS/c1-9(8-14)7-13-5-4-12-11(13)10-3-2-6-15-10/h2-6,9,14H,7-8H2,1H3. The van der Waals surface area contributed by atoms with Crippen LogP contribution in [0.2, 0.25) is 0 Å². The highest BCUT2D eigenvalue weighted by Gasteiger charge is 2.09. The van der Waals surface area contributed by atoms with Gasteiger partial charge in [0, 0.05) is 25.5 Å². The van der Waals surface area contributed by atoms with E-state index in [9.17, 15) is 0 Å². The summed E-state index contributed by atoms with van der Waals surface area (Å²) >= 11 is 1.68. The maximum atomic E-state index is 9.02. The van der Waals surface area contributed by atoms with E-state index in [0.29, 0.717) is 0 Å². The van der Waals surface area contributed by atoms with E-state index in [1.165, 1.54) is 4.88 Å². The largest absolute Gasteiger partial charge is 0.396 e. The predicted octanol–water partition coefficient (Wildman–Crippen LogP) is 2.24. The van der Waals surface area contributed by atoms with Gasteiger partial charge in [0.1, 0.15) is 5.82 Å². The van der Waals surface area contributed by atoms with Crippen LogP contribution in [0.5, 0.6) is 0 Å². The first-order valence-electron chi connectivity index (χ1n) is 4.97. The molecule has 3 nitrogen and oxygen atoms in total. The summed E-state index contributed by atoms with van der Waals surface area (Å²) in [5, 5.41) is 11.1. The lowest BCUT2D eigenvalue weighted by Gasteiger charge is -2.10. The number of aliphatic hydroxyl groups excluding tert-OH is 1. The van der Waals surface area contributed by atoms with Crippen LogP contribution in [0, 0.1) is 5.92 Å². The quantitative estimate of drug-likeness (QED) is 0.861. The smallest absolute Gasteiger partial charge is 0.149 e. The lowest BCUT2D eigenvalue weighted by molar-refractivity contribution is 0.223. The number of hydrogen-bond acceptors (Lipinski definition) is 3. The van der Waals surface area contributed by atoms with Crippen LogP contribution < -0.4 is 0 Å². The molecule has 0 amide bonds. The third-order valence-electron chi connectivity index (χ3n) is 2.28. The normalized spacial score (nSPS) is 12.9. The monoisotopic (exact) mass is 222 g/mol. The van der Waals surface area contributed by atoms with Crippen LogP contribution in [0.15, 0.2) is 29.9 Å². The van der Waals surface area contributed by atoms with Crippen LogP contribution in [0.25, 0.3) is 10.7 Å². The van der Waals surface area contributed by atoms with E-state index in [4.69, 9.17) is 5.11 Å². The van der Waals surface area contributed by atoms with E-state index in [0.717, 1.165) is 12.4 Å². The van der Waals surface area contributed by atoms with Gasteiger partial charge in [-0.05, 0) is 17.4 Å². The summed E-state index contributed by atoms with van der Waals surface area (Å²) < 4.78 is 2.09. The second-order valence-corrected chi connectivity index (χ2v) is 4.62. The maximum absolute atomic E-state index is 9.02. The van der Waals surface area contributed by atoms with Crippen LogP contribution in [-0.4, -0.2) is 21.3 Å². The van der Waals surface area contributed by atoms with Crippen molar-refractivity contribution in [3.8, 4) is 10.7 Å². The molecule has 0 aromatic carbocycles. The second kappa shape index (κ2) is 4.59. The molecule has 0 fully saturated rings. The molecule has 2 aromatic heterocycles. The summed E-state index contributed by atoms with van der Waals surface area (Å²) in [6, 6.07) is 4.08. The molecule has 2 heterocycles. The van der Waals surface area contributed by atoms with Crippen molar-refractivity contribution in [1.29, 1.82) is 0 Å². The van der Waals surface area contributed by atoms with E-state index >= 15 is 0 Å². The zero-order valence-electron chi connectivity index (χ0n) is 8.63. The van der Waals surface area contributed by atoms with Gasteiger partial charge in [0.05, 0.1) is 4.88 Å². The lowest BCUT2D eigenvalue weighted by atomic mass is 10.2. The highest BCUT2D eigenvalue weighted by Crippen LogP contribution is 2.23. The molecular formula is C11H14N2OS. The summed E-state index contributed by atoms with van der Waals surface area (Å²) in [5.74, 6) is 1.25. The van der Waals surface area contributed by atoms with E-state index in [2.05, 4.69) is 15.6 Å². The molecule has 0 radical (unpaired) electrons. The number of aliphatic hydroxyl groups is 1. The first kappa shape index (κ1) is 10.4. The van der Waals surface area contributed by atoms with E-state index in [-0.39, 0.29) is 12.5 Å². The minimum absolute atomic E-state index is 0.210. The molecule has 0 bridgehead atoms. The molecular weight excluding hydrogens is 208 g/mol. The van der Waals surface area contributed by atoms with Gasteiger partial charge in [-0.15, -0.1) is 11.3 Å². The Morgan fingerprint density at radius 2 is 2.47 bits per heavy atom.